The van der Waals surface area contributed by atoms with Gasteiger partial charge in [-0.2, -0.15) is 4.98 Å². The summed E-state index contributed by atoms with van der Waals surface area (Å²) in [5, 5.41) is 15.5. The standard InChI is InChI=1S/C26H22F3N5O4/c1-14-9-16(3-5-19(14)27)20(13-35)32-24(36)17-7-8-34(12-17)23-15(2)11-30-25(33-23)31-18-4-6-21-22(10-18)38-26(28,29)37-21/h3-12,20,35H,13H2,1-2H3,(H,32,36)(H,30,31,33)/t20-/m1/s1. The first-order chi connectivity index (χ1) is 18.1. The molecule has 0 fully saturated rings. The zero-order valence-corrected chi connectivity index (χ0v) is 20.2. The Morgan fingerprint density at radius 2 is 1.89 bits per heavy atom. The minimum atomic E-state index is -3.72. The van der Waals surface area contributed by atoms with E-state index < -0.39 is 18.2 Å². The van der Waals surface area contributed by atoms with Crippen molar-refractivity contribution in [3.05, 3.63) is 89.1 Å². The second-order valence-corrected chi connectivity index (χ2v) is 8.68. The van der Waals surface area contributed by atoms with Gasteiger partial charge in [0.05, 0.1) is 18.2 Å². The molecule has 5 rings (SSSR count). The van der Waals surface area contributed by atoms with Crippen LogP contribution in [0.25, 0.3) is 5.82 Å². The molecule has 1 atom stereocenters. The first kappa shape index (κ1) is 25.1. The number of alkyl halides is 2. The van der Waals surface area contributed by atoms with E-state index in [4.69, 9.17) is 0 Å². The molecule has 3 heterocycles. The van der Waals surface area contributed by atoms with Crippen molar-refractivity contribution >= 4 is 17.5 Å². The van der Waals surface area contributed by atoms with Crippen molar-refractivity contribution in [1.29, 1.82) is 0 Å². The molecular formula is C26H22F3N5O4. The monoisotopic (exact) mass is 525 g/mol. The zero-order valence-electron chi connectivity index (χ0n) is 20.2. The zero-order chi connectivity index (χ0) is 27.0. The van der Waals surface area contributed by atoms with E-state index in [9.17, 15) is 23.1 Å². The third-order valence-corrected chi connectivity index (χ3v) is 5.87. The van der Waals surface area contributed by atoms with Crippen LogP contribution in [0.4, 0.5) is 24.8 Å². The van der Waals surface area contributed by atoms with Gasteiger partial charge in [0.1, 0.15) is 11.6 Å². The molecule has 0 unspecified atom stereocenters. The lowest BCUT2D eigenvalue weighted by molar-refractivity contribution is -0.286. The number of halogens is 3. The van der Waals surface area contributed by atoms with Crippen LogP contribution in [0, 0.1) is 19.7 Å². The number of nitrogens with zero attached hydrogens (tertiary/aromatic N) is 3. The molecule has 2 aromatic heterocycles. The van der Waals surface area contributed by atoms with Crippen LogP contribution in [-0.2, 0) is 0 Å². The Morgan fingerprint density at radius 1 is 1.11 bits per heavy atom. The lowest BCUT2D eigenvalue weighted by Crippen LogP contribution is -2.30. The first-order valence-electron chi connectivity index (χ1n) is 11.5. The Kier molecular flexibility index (Phi) is 6.41. The number of rotatable bonds is 7. The number of hydrogen-bond donors (Lipinski definition) is 3. The highest BCUT2D eigenvalue weighted by molar-refractivity contribution is 5.94. The van der Waals surface area contributed by atoms with Crippen molar-refractivity contribution in [2.45, 2.75) is 26.2 Å². The highest BCUT2D eigenvalue weighted by atomic mass is 19.3. The van der Waals surface area contributed by atoms with Gasteiger partial charge in [-0.05, 0) is 49.2 Å². The molecule has 38 heavy (non-hydrogen) atoms. The summed E-state index contributed by atoms with van der Waals surface area (Å²) in [6, 6.07) is 9.46. The number of aromatic nitrogens is 3. The predicted molar refractivity (Wildman–Crippen MR) is 130 cm³/mol. The van der Waals surface area contributed by atoms with Crippen LogP contribution in [-0.4, -0.2) is 38.5 Å². The highest BCUT2D eigenvalue weighted by Crippen LogP contribution is 2.42. The van der Waals surface area contributed by atoms with E-state index >= 15 is 0 Å². The summed E-state index contributed by atoms with van der Waals surface area (Å²) < 4.78 is 50.7. The molecule has 1 aliphatic heterocycles. The molecule has 0 bridgehead atoms. The second kappa shape index (κ2) is 9.71. The van der Waals surface area contributed by atoms with Crippen LogP contribution in [0.3, 0.4) is 0 Å². The van der Waals surface area contributed by atoms with Crippen LogP contribution >= 0.6 is 0 Å². The topological polar surface area (TPSA) is 111 Å². The summed E-state index contributed by atoms with van der Waals surface area (Å²) in [6.07, 6.45) is 1.07. The number of anilines is 2. The molecule has 0 saturated carbocycles. The molecular weight excluding hydrogens is 503 g/mol. The number of carbonyl (C=O) groups excluding carboxylic acids is 1. The number of ether oxygens (including phenoxy) is 2. The number of nitrogens with one attached hydrogen (secondary N) is 2. The predicted octanol–water partition coefficient (Wildman–Crippen LogP) is 4.55. The van der Waals surface area contributed by atoms with E-state index in [1.165, 1.54) is 30.3 Å². The Bertz CT molecular complexity index is 1520. The lowest BCUT2D eigenvalue weighted by Gasteiger charge is -2.17. The maximum Gasteiger partial charge on any atom is 0.586 e. The van der Waals surface area contributed by atoms with Crippen molar-refractivity contribution in [2.24, 2.45) is 0 Å². The maximum absolute atomic E-state index is 13.6. The number of aryl methyl sites for hydroxylation is 2. The number of aliphatic hydroxyl groups excluding tert-OH is 1. The van der Waals surface area contributed by atoms with E-state index in [2.05, 4.69) is 30.1 Å². The Balaban J connectivity index is 1.32. The van der Waals surface area contributed by atoms with E-state index in [1.807, 2.05) is 0 Å². The largest absolute Gasteiger partial charge is 0.586 e. The summed E-state index contributed by atoms with van der Waals surface area (Å²) in [7, 11) is 0. The van der Waals surface area contributed by atoms with Crippen molar-refractivity contribution in [1.82, 2.24) is 19.9 Å². The number of fused-ring (bicyclic) bond motifs is 1. The lowest BCUT2D eigenvalue weighted by atomic mass is 10.0. The number of hydrogen-bond acceptors (Lipinski definition) is 7. The minimum Gasteiger partial charge on any atom is -0.395 e. The summed E-state index contributed by atoms with van der Waals surface area (Å²) in [5.41, 5.74) is 2.40. The molecule has 12 heteroatoms. The minimum absolute atomic E-state index is 0.0813. The van der Waals surface area contributed by atoms with Crippen LogP contribution < -0.4 is 20.1 Å². The van der Waals surface area contributed by atoms with Gasteiger partial charge < -0.3 is 29.8 Å². The summed E-state index contributed by atoms with van der Waals surface area (Å²) in [6.45, 7) is 3.03. The third kappa shape index (κ3) is 5.11. The van der Waals surface area contributed by atoms with Gasteiger partial charge in [-0.3, -0.25) is 4.79 Å². The van der Waals surface area contributed by atoms with E-state index in [-0.39, 0.29) is 29.9 Å². The fourth-order valence-corrected chi connectivity index (χ4v) is 3.93. The first-order valence-corrected chi connectivity index (χ1v) is 11.5. The molecule has 9 nitrogen and oxygen atoms in total. The summed E-state index contributed by atoms with van der Waals surface area (Å²) in [5.74, 6) is -0.354. The average molecular weight is 525 g/mol. The van der Waals surface area contributed by atoms with Crippen molar-refractivity contribution < 1.29 is 32.5 Å². The van der Waals surface area contributed by atoms with Gasteiger partial charge in [-0.15, -0.1) is 8.78 Å². The van der Waals surface area contributed by atoms with Gasteiger partial charge in [-0.25, -0.2) is 9.37 Å². The van der Waals surface area contributed by atoms with E-state index in [0.717, 1.165) is 0 Å². The number of carbonyl (C=O) groups is 1. The molecule has 1 aliphatic rings. The fraction of sp³-hybridized carbons (Fsp3) is 0.192. The molecule has 0 radical (unpaired) electrons. The highest BCUT2D eigenvalue weighted by Gasteiger charge is 2.43. The molecule has 0 aliphatic carbocycles. The number of amides is 1. The van der Waals surface area contributed by atoms with Gasteiger partial charge >= 0.3 is 6.29 Å². The van der Waals surface area contributed by atoms with Crippen LogP contribution in [0.5, 0.6) is 11.5 Å². The quantitative estimate of drug-likeness (QED) is 0.325. The van der Waals surface area contributed by atoms with E-state index in [1.54, 1.807) is 49.1 Å². The van der Waals surface area contributed by atoms with Gasteiger partial charge in [0, 0.05) is 35.9 Å². The normalized spacial score (nSPS) is 14.3. The Morgan fingerprint density at radius 3 is 2.66 bits per heavy atom. The molecule has 196 valence electrons. The maximum atomic E-state index is 13.6. The van der Waals surface area contributed by atoms with Gasteiger partial charge in [0.15, 0.2) is 11.5 Å². The van der Waals surface area contributed by atoms with Crippen LogP contribution in [0.2, 0.25) is 0 Å². The van der Waals surface area contributed by atoms with Gasteiger partial charge in [0.2, 0.25) is 5.95 Å². The van der Waals surface area contributed by atoms with Gasteiger partial charge in [0.25, 0.3) is 5.91 Å². The van der Waals surface area contributed by atoms with Gasteiger partial charge in [-0.1, -0.05) is 12.1 Å². The van der Waals surface area contributed by atoms with Crippen LogP contribution in [0.1, 0.15) is 33.1 Å². The second-order valence-electron chi connectivity index (χ2n) is 8.68. The van der Waals surface area contributed by atoms with E-state index in [0.29, 0.717) is 33.8 Å². The third-order valence-electron chi connectivity index (χ3n) is 5.87. The van der Waals surface area contributed by atoms with Crippen molar-refractivity contribution in [2.75, 3.05) is 11.9 Å². The Labute approximate surface area is 214 Å². The molecule has 3 N–H and O–H groups in total. The molecule has 1 amide bonds. The molecule has 0 spiro atoms. The number of benzene rings is 2. The smallest absolute Gasteiger partial charge is 0.395 e. The Hall–Kier alpha value is -4.58. The molecule has 0 saturated heterocycles. The van der Waals surface area contributed by atoms with Crippen molar-refractivity contribution in [3.63, 3.8) is 0 Å². The number of aliphatic hydroxyl groups is 1. The summed E-state index contributed by atoms with van der Waals surface area (Å²) in [4.78, 5) is 21.6. The summed E-state index contributed by atoms with van der Waals surface area (Å²) >= 11 is 0. The van der Waals surface area contributed by atoms with Crippen molar-refractivity contribution in [3.8, 4) is 17.3 Å². The SMILES string of the molecule is Cc1cc([C@@H](CO)NC(=O)c2ccn(-c3nc(Nc4ccc5c(c4)OC(F)(F)O5)ncc3C)c2)ccc1F. The van der Waals surface area contributed by atoms with Crippen LogP contribution in [0.15, 0.2) is 61.1 Å². The average Bonchev–Trinajstić information content (AvgIpc) is 3.48. The molecule has 2 aromatic carbocycles. The fourth-order valence-electron chi connectivity index (χ4n) is 3.93. The molecule has 4 aromatic rings.